The first-order chi connectivity index (χ1) is 9.99. The molecular weight excluding hydrogens is 268 g/mol. The third-order valence-electron chi connectivity index (χ3n) is 3.72. The Morgan fingerprint density at radius 2 is 2.00 bits per heavy atom. The van der Waals surface area contributed by atoms with Crippen molar-refractivity contribution in [3.8, 4) is 0 Å². The zero-order valence-electron chi connectivity index (χ0n) is 12.5. The lowest BCUT2D eigenvalue weighted by molar-refractivity contribution is -0.145. The predicted octanol–water partition coefficient (Wildman–Crippen LogP) is 1.48. The lowest BCUT2D eigenvalue weighted by atomic mass is 9.86. The summed E-state index contributed by atoms with van der Waals surface area (Å²) >= 11 is 0. The Kier molecular flexibility index (Phi) is 4.37. The van der Waals surface area contributed by atoms with Crippen LogP contribution in [0.5, 0.6) is 0 Å². The van der Waals surface area contributed by atoms with Crippen molar-refractivity contribution in [3.63, 3.8) is 0 Å². The standard InChI is InChI=1S/C15H20N4O2/c1-11-17-12(2)19(18-11)10-9-15(16-3,14(20)21)13-7-5-4-6-8-13/h4-8,16H,9-10H2,1-3H3,(H,20,21). The number of rotatable bonds is 6. The van der Waals surface area contributed by atoms with E-state index in [1.54, 1.807) is 11.7 Å². The van der Waals surface area contributed by atoms with Crippen molar-refractivity contribution in [2.45, 2.75) is 32.4 Å². The SMILES string of the molecule is CNC(CCn1nc(C)nc1C)(C(=O)O)c1ccccc1. The molecule has 0 aliphatic rings. The maximum absolute atomic E-state index is 11.9. The third kappa shape index (κ3) is 2.95. The molecule has 0 fully saturated rings. The molecule has 21 heavy (non-hydrogen) atoms. The number of hydrogen-bond acceptors (Lipinski definition) is 4. The van der Waals surface area contributed by atoms with Crippen LogP contribution in [0.1, 0.15) is 23.6 Å². The van der Waals surface area contributed by atoms with Crippen LogP contribution in [0.3, 0.4) is 0 Å². The van der Waals surface area contributed by atoms with E-state index in [0.29, 0.717) is 18.8 Å². The number of carbonyl (C=O) groups is 1. The van der Waals surface area contributed by atoms with Crippen LogP contribution in [-0.4, -0.2) is 32.9 Å². The maximum Gasteiger partial charge on any atom is 0.328 e. The number of aromatic nitrogens is 3. The highest BCUT2D eigenvalue weighted by molar-refractivity contribution is 5.80. The number of nitrogens with one attached hydrogen (secondary N) is 1. The van der Waals surface area contributed by atoms with Crippen LogP contribution < -0.4 is 5.32 Å². The van der Waals surface area contributed by atoms with E-state index in [1.807, 2.05) is 44.2 Å². The highest BCUT2D eigenvalue weighted by Crippen LogP contribution is 2.26. The summed E-state index contributed by atoms with van der Waals surface area (Å²) < 4.78 is 1.74. The second kappa shape index (κ2) is 6.05. The van der Waals surface area contributed by atoms with Gasteiger partial charge < -0.3 is 10.4 Å². The van der Waals surface area contributed by atoms with E-state index >= 15 is 0 Å². The molecule has 2 aromatic rings. The molecule has 2 rings (SSSR count). The lowest BCUT2D eigenvalue weighted by Crippen LogP contribution is -2.48. The van der Waals surface area contributed by atoms with Gasteiger partial charge in [-0.25, -0.2) is 9.78 Å². The van der Waals surface area contributed by atoms with E-state index < -0.39 is 11.5 Å². The van der Waals surface area contributed by atoms with Crippen molar-refractivity contribution in [3.05, 3.63) is 47.5 Å². The average molecular weight is 288 g/mol. The fourth-order valence-electron chi connectivity index (χ4n) is 2.52. The van der Waals surface area contributed by atoms with Crippen molar-refractivity contribution in [1.82, 2.24) is 20.1 Å². The summed E-state index contributed by atoms with van der Waals surface area (Å²) in [4.78, 5) is 16.1. The van der Waals surface area contributed by atoms with Crippen LogP contribution in [0.15, 0.2) is 30.3 Å². The Morgan fingerprint density at radius 3 is 2.48 bits per heavy atom. The molecule has 1 aromatic carbocycles. The molecule has 0 aliphatic carbocycles. The zero-order valence-corrected chi connectivity index (χ0v) is 12.5. The molecule has 1 atom stereocenters. The van der Waals surface area contributed by atoms with Crippen LogP contribution in [0.4, 0.5) is 0 Å². The predicted molar refractivity (Wildman–Crippen MR) is 78.9 cm³/mol. The van der Waals surface area contributed by atoms with E-state index in [0.717, 1.165) is 11.4 Å². The molecule has 0 bridgehead atoms. The van der Waals surface area contributed by atoms with Gasteiger partial charge in [0.05, 0.1) is 0 Å². The summed E-state index contributed by atoms with van der Waals surface area (Å²) in [5.41, 5.74) is -0.400. The summed E-state index contributed by atoms with van der Waals surface area (Å²) in [6, 6.07) is 9.20. The lowest BCUT2D eigenvalue weighted by Gasteiger charge is -2.29. The van der Waals surface area contributed by atoms with Gasteiger partial charge in [-0.3, -0.25) is 4.68 Å². The first-order valence-electron chi connectivity index (χ1n) is 6.85. The molecule has 0 saturated heterocycles. The largest absolute Gasteiger partial charge is 0.480 e. The number of likely N-dealkylation sites (N-methyl/N-ethyl adjacent to an activating group) is 1. The van der Waals surface area contributed by atoms with Crippen molar-refractivity contribution in [2.75, 3.05) is 7.05 Å². The van der Waals surface area contributed by atoms with Gasteiger partial charge in [-0.05, 0) is 26.5 Å². The zero-order chi connectivity index (χ0) is 15.5. The molecular formula is C15H20N4O2. The van der Waals surface area contributed by atoms with Gasteiger partial charge in [0.1, 0.15) is 17.2 Å². The third-order valence-corrected chi connectivity index (χ3v) is 3.72. The van der Waals surface area contributed by atoms with Crippen molar-refractivity contribution < 1.29 is 9.90 Å². The molecule has 1 unspecified atom stereocenters. The summed E-state index contributed by atoms with van der Waals surface area (Å²) in [5.74, 6) is 0.583. The summed E-state index contributed by atoms with van der Waals surface area (Å²) in [6.45, 7) is 4.17. The molecule has 6 heteroatoms. The fraction of sp³-hybridized carbons (Fsp3) is 0.400. The first kappa shape index (κ1) is 15.2. The summed E-state index contributed by atoms with van der Waals surface area (Å²) in [5, 5.41) is 17.0. The number of nitrogens with zero attached hydrogens (tertiary/aromatic N) is 3. The summed E-state index contributed by atoms with van der Waals surface area (Å²) in [7, 11) is 1.67. The number of carboxylic acid groups (broad SMARTS) is 1. The number of carboxylic acids is 1. The Hall–Kier alpha value is -2.21. The Bertz CT molecular complexity index is 624. The number of benzene rings is 1. The van der Waals surface area contributed by atoms with Crippen LogP contribution >= 0.6 is 0 Å². The van der Waals surface area contributed by atoms with Crippen LogP contribution in [0, 0.1) is 13.8 Å². The number of aryl methyl sites for hydroxylation is 3. The van der Waals surface area contributed by atoms with Gasteiger partial charge in [-0.15, -0.1) is 0 Å². The molecule has 0 radical (unpaired) electrons. The molecule has 6 nitrogen and oxygen atoms in total. The molecule has 112 valence electrons. The topological polar surface area (TPSA) is 80.0 Å². The van der Waals surface area contributed by atoms with Gasteiger partial charge in [0.25, 0.3) is 0 Å². The van der Waals surface area contributed by atoms with Crippen LogP contribution in [0.2, 0.25) is 0 Å². The molecule has 2 N–H and O–H groups in total. The van der Waals surface area contributed by atoms with Gasteiger partial charge in [0.15, 0.2) is 0 Å². The van der Waals surface area contributed by atoms with E-state index in [-0.39, 0.29) is 0 Å². The van der Waals surface area contributed by atoms with Gasteiger partial charge in [-0.1, -0.05) is 30.3 Å². The van der Waals surface area contributed by atoms with Gasteiger partial charge in [0, 0.05) is 13.0 Å². The van der Waals surface area contributed by atoms with E-state index in [1.165, 1.54) is 0 Å². The second-order valence-corrected chi connectivity index (χ2v) is 5.01. The number of aliphatic carboxylic acids is 1. The molecule has 0 saturated carbocycles. The van der Waals surface area contributed by atoms with E-state index in [2.05, 4.69) is 15.4 Å². The molecule has 1 heterocycles. The first-order valence-corrected chi connectivity index (χ1v) is 6.85. The molecule has 0 spiro atoms. The highest BCUT2D eigenvalue weighted by atomic mass is 16.4. The van der Waals surface area contributed by atoms with Crippen LogP contribution in [0.25, 0.3) is 0 Å². The van der Waals surface area contributed by atoms with Crippen LogP contribution in [-0.2, 0) is 16.9 Å². The average Bonchev–Trinajstić information content (AvgIpc) is 2.79. The minimum absolute atomic E-state index is 0.381. The quantitative estimate of drug-likeness (QED) is 0.841. The van der Waals surface area contributed by atoms with E-state index in [9.17, 15) is 9.90 Å². The molecule has 0 aliphatic heterocycles. The highest BCUT2D eigenvalue weighted by Gasteiger charge is 2.38. The molecule has 0 amide bonds. The Labute approximate surface area is 123 Å². The van der Waals surface area contributed by atoms with Gasteiger partial charge in [-0.2, -0.15) is 5.10 Å². The second-order valence-electron chi connectivity index (χ2n) is 5.01. The van der Waals surface area contributed by atoms with E-state index in [4.69, 9.17) is 0 Å². The van der Waals surface area contributed by atoms with Gasteiger partial charge >= 0.3 is 5.97 Å². The fourth-order valence-corrected chi connectivity index (χ4v) is 2.52. The normalized spacial score (nSPS) is 13.9. The minimum atomic E-state index is -1.13. The van der Waals surface area contributed by atoms with Gasteiger partial charge in [0.2, 0.25) is 0 Å². The van der Waals surface area contributed by atoms with Crippen molar-refractivity contribution in [2.24, 2.45) is 0 Å². The number of hydrogen-bond donors (Lipinski definition) is 2. The van der Waals surface area contributed by atoms with Crippen molar-refractivity contribution >= 4 is 5.97 Å². The Morgan fingerprint density at radius 1 is 1.33 bits per heavy atom. The Balaban J connectivity index is 2.29. The molecule has 1 aromatic heterocycles. The maximum atomic E-state index is 11.9. The smallest absolute Gasteiger partial charge is 0.328 e. The minimum Gasteiger partial charge on any atom is -0.480 e. The van der Waals surface area contributed by atoms with Crippen molar-refractivity contribution in [1.29, 1.82) is 0 Å². The summed E-state index contributed by atoms with van der Waals surface area (Å²) in [6.07, 6.45) is 0.381. The monoisotopic (exact) mass is 288 g/mol.